The number of amides is 2. The van der Waals surface area contributed by atoms with Crippen LogP contribution in [0.1, 0.15) is 12.0 Å². The fourth-order valence-electron chi connectivity index (χ4n) is 3.10. The first kappa shape index (κ1) is 17.1. The largest absolute Gasteiger partial charge is 0.454 e. The van der Waals surface area contributed by atoms with Crippen LogP contribution in [-0.4, -0.2) is 25.2 Å². The standard InChI is InChI=1S/C19H17IN2O4/c1-11-2-3-13(7-15(11)20)21-19(24)12-6-18(23)22(9-12)14-4-5-16-17(8-14)26-10-25-16/h2-5,7-8,12H,6,9-10H2,1H3,(H,21,24). The van der Waals surface area contributed by atoms with E-state index < -0.39 is 0 Å². The van der Waals surface area contributed by atoms with Gasteiger partial charge in [-0.1, -0.05) is 6.07 Å². The van der Waals surface area contributed by atoms with Gasteiger partial charge < -0.3 is 19.7 Å². The van der Waals surface area contributed by atoms with Crippen molar-refractivity contribution in [1.29, 1.82) is 0 Å². The summed E-state index contributed by atoms with van der Waals surface area (Å²) in [5, 5.41) is 2.92. The molecule has 2 amide bonds. The fraction of sp³-hybridized carbons (Fsp3) is 0.263. The van der Waals surface area contributed by atoms with E-state index in [1.54, 1.807) is 17.0 Å². The zero-order valence-electron chi connectivity index (χ0n) is 14.1. The molecule has 0 aromatic heterocycles. The molecule has 2 aliphatic heterocycles. The first-order chi connectivity index (χ1) is 12.5. The number of benzene rings is 2. The number of nitrogens with one attached hydrogen (secondary N) is 1. The highest BCUT2D eigenvalue weighted by Crippen LogP contribution is 2.37. The molecule has 0 aliphatic carbocycles. The maximum atomic E-state index is 12.6. The Labute approximate surface area is 164 Å². The molecule has 0 bridgehead atoms. The molecule has 7 heteroatoms. The summed E-state index contributed by atoms with van der Waals surface area (Å²) in [6.07, 6.45) is 0.198. The van der Waals surface area contributed by atoms with Crippen molar-refractivity contribution in [1.82, 2.24) is 0 Å². The van der Waals surface area contributed by atoms with E-state index in [1.807, 2.05) is 31.2 Å². The Hall–Kier alpha value is -2.29. The van der Waals surface area contributed by atoms with Gasteiger partial charge in [-0.15, -0.1) is 0 Å². The minimum Gasteiger partial charge on any atom is -0.454 e. The Morgan fingerprint density at radius 3 is 2.81 bits per heavy atom. The lowest BCUT2D eigenvalue weighted by Crippen LogP contribution is -2.28. The summed E-state index contributed by atoms with van der Waals surface area (Å²) < 4.78 is 11.8. The average Bonchev–Trinajstić information content (AvgIpc) is 3.23. The van der Waals surface area contributed by atoms with Crippen molar-refractivity contribution in [2.75, 3.05) is 23.6 Å². The number of carbonyl (C=O) groups is 2. The van der Waals surface area contributed by atoms with Crippen LogP contribution >= 0.6 is 22.6 Å². The third-order valence-electron chi connectivity index (χ3n) is 4.60. The number of nitrogens with zero attached hydrogens (tertiary/aromatic N) is 1. The van der Waals surface area contributed by atoms with Gasteiger partial charge in [0.05, 0.1) is 5.92 Å². The molecule has 2 heterocycles. The van der Waals surface area contributed by atoms with Gasteiger partial charge in [0, 0.05) is 34.0 Å². The molecule has 1 saturated heterocycles. The van der Waals surface area contributed by atoms with Crippen molar-refractivity contribution in [3.63, 3.8) is 0 Å². The Balaban J connectivity index is 1.47. The van der Waals surface area contributed by atoms with Crippen molar-refractivity contribution in [2.24, 2.45) is 5.92 Å². The third kappa shape index (κ3) is 3.23. The normalized spacial score (nSPS) is 18.3. The second-order valence-electron chi connectivity index (χ2n) is 6.40. The van der Waals surface area contributed by atoms with Gasteiger partial charge in [0.15, 0.2) is 11.5 Å². The van der Waals surface area contributed by atoms with Gasteiger partial charge in [-0.05, 0) is 59.3 Å². The Kier molecular flexibility index (Phi) is 4.47. The molecule has 4 rings (SSSR count). The molecular weight excluding hydrogens is 447 g/mol. The van der Waals surface area contributed by atoms with Crippen LogP contribution < -0.4 is 19.7 Å². The fourth-order valence-corrected chi connectivity index (χ4v) is 3.62. The highest BCUT2D eigenvalue weighted by Gasteiger charge is 2.35. The Bertz CT molecular complexity index is 899. The number of ether oxygens (including phenoxy) is 2. The first-order valence-corrected chi connectivity index (χ1v) is 9.36. The van der Waals surface area contributed by atoms with Crippen LogP contribution in [0.25, 0.3) is 0 Å². The summed E-state index contributed by atoms with van der Waals surface area (Å²) in [5.41, 5.74) is 2.63. The van der Waals surface area contributed by atoms with Crippen LogP contribution in [0.3, 0.4) is 0 Å². The lowest BCUT2D eigenvalue weighted by Gasteiger charge is -2.17. The van der Waals surface area contributed by atoms with Gasteiger partial charge in [0.25, 0.3) is 0 Å². The summed E-state index contributed by atoms with van der Waals surface area (Å²) in [5.74, 6) is 0.705. The molecule has 1 unspecified atom stereocenters. The van der Waals surface area contributed by atoms with E-state index in [1.165, 1.54) is 0 Å². The summed E-state index contributed by atoms with van der Waals surface area (Å²) in [7, 11) is 0. The third-order valence-corrected chi connectivity index (χ3v) is 5.77. The van der Waals surface area contributed by atoms with Crippen molar-refractivity contribution in [3.05, 3.63) is 45.5 Å². The van der Waals surface area contributed by atoms with E-state index in [9.17, 15) is 9.59 Å². The quantitative estimate of drug-likeness (QED) is 0.709. The Morgan fingerprint density at radius 2 is 2.00 bits per heavy atom. The molecule has 0 radical (unpaired) electrons. The molecular formula is C19H17IN2O4. The van der Waals surface area contributed by atoms with E-state index in [0.717, 1.165) is 20.5 Å². The summed E-state index contributed by atoms with van der Waals surface area (Å²) in [6.45, 7) is 2.56. The summed E-state index contributed by atoms with van der Waals surface area (Å²) >= 11 is 2.24. The summed E-state index contributed by atoms with van der Waals surface area (Å²) in [6, 6.07) is 11.2. The van der Waals surface area contributed by atoms with Crippen molar-refractivity contribution >= 4 is 45.8 Å². The number of carbonyl (C=O) groups excluding carboxylic acids is 2. The van der Waals surface area contributed by atoms with Gasteiger partial charge in [-0.2, -0.15) is 0 Å². The lowest BCUT2D eigenvalue weighted by molar-refractivity contribution is -0.122. The average molecular weight is 464 g/mol. The monoisotopic (exact) mass is 464 g/mol. The highest BCUT2D eigenvalue weighted by molar-refractivity contribution is 14.1. The van der Waals surface area contributed by atoms with E-state index in [2.05, 4.69) is 27.9 Å². The molecule has 6 nitrogen and oxygen atoms in total. The molecule has 1 N–H and O–H groups in total. The van der Waals surface area contributed by atoms with Crippen LogP contribution in [0.4, 0.5) is 11.4 Å². The number of anilines is 2. The zero-order chi connectivity index (χ0) is 18.3. The molecule has 0 spiro atoms. The minimum absolute atomic E-state index is 0.0671. The van der Waals surface area contributed by atoms with Gasteiger partial charge >= 0.3 is 0 Å². The predicted molar refractivity (Wildman–Crippen MR) is 106 cm³/mol. The number of fused-ring (bicyclic) bond motifs is 1. The van der Waals surface area contributed by atoms with Crippen molar-refractivity contribution in [3.8, 4) is 11.5 Å². The SMILES string of the molecule is Cc1ccc(NC(=O)C2CC(=O)N(c3ccc4c(c3)OCO4)C2)cc1I. The highest BCUT2D eigenvalue weighted by atomic mass is 127. The molecule has 26 heavy (non-hydrogen) atoms. The van der Waals surface area contributed by atoms with E-state index in [4.69, 9.17) is 9.47 Å². The topological polar surface area (TPSA) is 67.9 Å². The number of hydrogen-bond donors (Lipinski definition) is 1. The van der Waals surface area contributed by atoms with Crippen LogP contribution in [0.15, 0.2) is 36.4 Å². The molecule has 2 aromatic carbocycles. The van der Waals surface area contributed by atoms with Crippen LogP contribution in [0.5, 0.6) is 11.5 Å². The lowest BCUT2D eigenvalue weighted by atomic mass is 10.1. The smallest absolute Gasteiger partial charge is 0.231 e. The molecule has 2 aromatic rings. The van der Waals surface area contributed by atoms with Gasteiger partial charge in [-0.25, -0.2) is 0 Å². The maximum absolute atomic E-state index is 12.6. The maximum Gasteiger partial charge on any atom is 0.231 e. The van der Waals surface area contributed by atoms with E-state index in [0.29, 0.717) is 18.0 Å². The second kappa shape index (κ2) is 6.79. The van der Waals surface area contributed by atoms with Crippen LogP contribution in [0, 0.1) is 16.4 Å². The van der Waals surface area contributed by atoms with Crippen molar-refractivity contribution in [2.45, 2.75) is 13.3 Å². The van der Waals surface area contributed by atoms with Crippen molar-refractivity contribution < 1.29 is 19.1 Å². The number of hydrogen-bond acceptors (Lipinski definition) is 4. The summed E-state index contributed by atoms with van der Waals surface area (Å²) in [4.78, 5) is 26.6. The van der Waals surface area contributed by atoms with Crippen LogP contribution in [0.2, 0.25) is 0 Å². The minimum atomic E-state index is -0.383. The molecule has 1 fully saturated rings. The predicted octanol–water partition coefficient (Wildman–Crippen LogP) is 3.32. The van der Waals surface area contributed by atoms with Gasteiger partial charge in [-0.3, -0.25) is 9.59 Å². The second-order valence-corrected chi connectivity index (χ2v) is 7.56. The van der Waals surface area contributed by atoms with E-state index >= 15 is 0 Å². The molecule has 2 aliphatic rings. The number of aryl methyl sites for hydroxylation is 1. The van der Waals surface area contributed by atoms with E-state index in [-0.39, 0.29) is 30.9 Å². The number of rotatable bonds is 3. The van der Waals surface area contributed by atoms with Gasteiger partial charge in [0.1, 0.15) is 0 Å². The zero-order valence-corrected chi connectivity index (χ0v) is 16.3. The molecule has 134 valence electrons. The number of halogens is 1. The first-order valence-electron chi connectivity index (χ1n) is 8.28. The van der Waals surface area contributed by atoms with Gasteiger partial charge in [0.2, 0.25) is 18.6 Å². The Morgan fingerprint density at radius 1 is 1.19 bits per heavy atom. The van der Waals surface area contributed by atoms with Crippen LogP contribution in [-0.2, 0) is 9.59 Å². The molecule has 0 saturated carbocycles. The molecule has 1 atom stereocenters.